The van der Waals surface area contributed by atoms with Gasteiger partial charge in [0.1, 0.15) is 12.4 Å². The molecule has 112 valence electrons. The molecule has 0 radical (unpaired) electrons. The van der Waals surface area contributed by atoms with Crippen molar-refractivity contribution >= 4 is 30.1 Å². The third kappa shape index (κ3) is 4.58. The maximum atomic E-state index is 11.7. The molecule has 1 atom stereocenters. The number of nitrogens with one attached hydrogen (secondary N) is 2. The third-order valence-electron chi connectivity index (χ3n) is 3.09. The molecule has 1 heterocycles. The number of carbonyl (C=O) groups excluding carboxylic acids is 1. The van der Waals surface area contributed by atoms with Gasteiger partial charge in [-0.1, -0.05) is 18.2 Å². The third-order valence-corrected chi connectivity index (χ3v) is 4.03. The molecule has 2 rings (SSSR count). The Labute approximate surface area is 130 Å². The lowest BCUT2D eigenvalue weighted by atomic mass is 10.1. The zero-order valence-electron chi connectivity index (χ0n) is 11.8. The summed E-state index contributed by atoms with van der Waals surface area (Å²) in [5.74, 6) is 2.70. The lowest BCUT2D eigenvalue weighted by molar-refractivity contribution is -0.122. The van der Waals surface area contributed by atoms with Crippen LogP contribution in [-0.2, 0) is 4.79 Å². The van der Waals surface area contributed by atoms with Crippen LogP contribution in [0.25, 0.3) is 0 Å². The molecule has 0 aromatic heterocycles. The van der Waals surface area contributed by atoms with Crippen molar-refractivity contribution in [2.24, 2.45) is 0 Å². The van der Waals surface area contributed by atoms with Crippen molar-refractivity contribution in [1.82, 2.24) is 10.6 Å². The number of hydrogen-bond acceptors (Lipinski definition) is 4. The fourth-order valence-corrected chi connectivity index (χ4v) is 2.98. The van der Waals surface area contributed by atoms with E-state index in [0.717, 1.165) is 28.5 Å². The summed E-state index contributed by atoms with van der Waals surface area (Å²) in [5, 5.41) is 6.04. The van der Waals surface area contributed by atoms with E-state index in [-0.39, 0.29) is 24.4 Å². The van der Waals surface area contributed by atoms with Crippen LogP contribution in [0.1, 0.15) is 11.1 Å². The first-order valence-corrected chi connectivity index (χ1v) is 7.62. The number of aryl methyl sites for hydroxylation is 2. The number of thioether (sulfide) groups is 1. The van der Waals surface area contributed by atoms with Crippen LogP contribution in [0, 0.1) is 13.8 Å². The Morgan fingerprint density at radius 3 is 2.75 bits per heavy atom. The van der Waals surface area contributed by atoms with Crippen molar-refractivity contribution in [3.8, 4) is 5.75 Å². The average Bonchev–Trinajstić information content (AvgIpc) is 2.91. The minimum atomic E-state index is -0.0507. The minimum Gasteiger partial charge on any atom is -0.491 e. The predicted molar refractivity (Wildman–Crippen MR) is 85.9 cm³/mol. The lowest BCUT2D eigenvalue weighted by Crippen LogP contribution is -2.43. The Morgan fingerprint density at radius 1 is 1.45 bits per heavy atom. The zero-order chi connectivity index (χ0) is 13.7. The van der Waals surface area contributed by atoms with Gasteiger partial charge in [-0.2, -0.15) is 0 Å². The largest absolute Gasteiger partial charge is 0.491 e. The number of ether oxygens (including phenoxy) is 1. The zero-order valence-corrected chi connectivity index (χ0v) is 13.4. The number of para-hydroxylation sites is 1. The number of hydrogen-bond donors (Lipinski definition) is 2. The molecule has 1 amide bonds. The molecule has 0 spiro atoms. The Kier molecular flexibility index (Phi) is 7.19. The fraction of sp³-hybridized carbons (Fsp3) is 0.500. The number of carbonyl (C=O) groups is 1. The van der Waals surface area contributed by atoms with Gasteiger partial charge in [0.2, 0.25) is 5.91 Å². The van der Waals surface area contributed by atoms with Gasteiger partial charge in [-0.05, 0) is 25.0 Å². The van der Waals surface area contributed by atoms with Crippen LogP contribution < -0.4 is 15.4 Å². The molecule has 1 fully saturated rings. The van der Waals surface area contributed by atoms with Crippen molar-refractivity contribution in [3.63, 3.8) is 0 Å². The summed E-state index contributed by atoms with van der Waals surface area (Å²) >= 11 is 1.75. The first-order valence-electron chi connectivity index (χ1n) is 6.46. The Balaban J connectivity index is 0.00000200. The Bertz CT molecular complexity index is 431. The van der Waals surface area contributed by atoms with E-state index >= 15 is 0 Å². The van der Waals surface area contributed by atoms with Crippen molar-refractivity contribution in [1.29, 1.82) is 0 Å². The molecule has 1 aliphatic rings. The van der Waals surface area contributed by atoms with Gasteiger partial charge >= 0.3 is 0 Å². The highest BCUT2D eigenvalue weighted by atomic mass is 35.5. The van der Waals surface area contributed by atoms with E-state index in [1.807, 2.05) is 32.0 Å². The SMILES string of the molecule is Cc1cccc(C)c1OCCNC(=O)C1CSCN1.Cl. The second-order valence-corrected chi connectivity index (χ2v) is 5.66. The topological polar surface area (TPSA) is 50.4 Å². The molecule has 20 heavy (non-hydrogen) atoms. The molecule has 1 saturated heterocycles. The standard InChI is InChI=1S/C14H20N2O2S.ClH/c1-10-4-3-5-11(2)13(10)18-7-6-15-14(17)12-8-19-9-16-12;/h3-5,12,16H,6-9H2,1-2H3,(H,15,17);1H. The number of benzene rings is 1. The fourth-order valence-electron chi connectivity index (χ4n) is 2.04. The molecular weight excluding hydrogens is 296 g/mol. The van der Waals surface area contributed by atoms with Crippen LogP contribution in [0.4, 0.5) is 0 Å². The molecule has 0 aliphatic carbocycles. The molecule has 1 unspecified atom stereocenters. The molecule has 4 nitrogen and oxygen atoms in total. The molecule has 1 aromatic carbocycles. The summed E-state index contributed by atoms with van der Waals surface area (Å²) in [4.78, 5) is 11.7. The van der Waals surface area contributed by atoms with Crippen LogP contribution in [-0.4, -0.2) is 36.7 Å². The highest BCUT2D eigenvalue weighted by Crippen LogP contribution is 2.21. The van der Waals surface area contributed by atoms with Crippen LogP contribution >= 0.6 is 24.2 Å². The second-order valence-electron chi connectivity index (χ2n) is 4.63. The van der Waals surface area contributed by atoms with Crippen molar-refractivity contribution in [2.45, 2.75) is 19.9 Å². The number of halogens is 1. The smallest absolute Gasteiger partial charge is 0.238 e. The summed E-state index contributed by atoms with van der Waals surface area (Å²) in [6.07, 6.45) is 0. The molecule has 1 aromatic rings. The van der Waals surface area contributed by atoms with Gasteiger partial charge in [-0.3, -0.25) is 10.1 Å². The van der Waals surface area contributed by atoms with E-state index < -0.39 is 0 Å². The van der Waals surface area contributed by atoms with E-state index in [2.05, 4.69) is 10.6 Å². The van der Waals surface area contributed by atoms with Crippen molar-refractivity contribution in [2.75, 3.05) is 24.8 Å². The Hall–Kier alpha value is -0.910. The minimum absolute atomic E-state index is 0. The summed E-state index contributed by atoms with van der Waals surface area (Å²) in [7, 11) is 0. The highest BCUT2D eigenvalue weighted by Gasteiger charge is 2.21. The van der Waals surface area contributed by atoms with Crippen molar-refractivity contribution < 1.29 is 9.53 Å². The molecule has 6 heteroatoms. The summed E-state index contributed by atoms with van der Waals surface area (Å²) in [5.41, 5.74) is 2.25. The monoisotopic (exact) mass is 316 g/mol. The first-order chi connectivity index (χ1) is 9.18. The number of amides is 1. The Morgan fingerprint density at radius 2 is 2.15 bits per heavy atom. The van der Waals surface area contributed by atoms with Crippen LogP contribution in [0.15, 0.2) is 18.2 Å². The lowest BCUT2D eigenvalue weighted by Gasteiger charge is -2.13. The van der Waals surface area contributed by atoms with E-state index in [9.17, 15) is 4.79 Å². The van der Waals surface area contributed by atoms with Crippen LogP contribution in [0.5, 0.6) is 5.75 Å². The van der Waals surface area contributed by atoms with Gasteiger partial charge < -0.3 is 10.1 Å². The average molecular weight is 317 g/mol. The van der Waals surface area contributed by atoms with E-state index in [1.165, 1.54) is 0 Å². The summed E-state index contributed by atoms with van der Waals surface area (Å²) < 4.78 is 5.74. The van der Waals surface area contributed by atoms with Crippen molar-refractivity contribution in [3.05, 3.63) is 29.3 Å². The van der Waals surface area contributed by atoms with Gasteiger partial charge in [0.05, 0.1) is 12.6 Å². The second kappa shape index (κ2) is 8.39. The maximum Gasteiger partial charge on any atom is 0.238 e. The predicted octanol–water partition coefficient (Wildman–Crippen LogP) is 1.88. The van der Waals surface area contributed by atoms with Gasteiger partial charge in [-0.25, -0.2) is 0 Å². The molecule has 0 bridgehead atoms. The van der Waals surface area contributed by atoms with Gasteiger partial charge in [0.15, 0.2) is 0 Å². The molecule has 1 aliphatic heterocycles. The van der Waals surface area contributed by atoms with Gasteiger partial charge in [0, 0.05) is 11.6 Å². The van der Waals surface area contributed by atoms with Gasteiger partial charge in [0.25, 0.3) is 0 Å². The summed E-state index contributed by atoms with van der Waals surface area (Å²) in [6, 6.07) is 6.02. The van der Waals surface area contributed by atoms with Gasteiger partial charge in [-0.15, -0.1) is 24.2 Å². The normalized spacial score (nSPS) is 17.4. The highest BCUT2D eigenvalue weighted by molar-refractivity contribution is 7.99. The maximum absolute atomic E-state index is 11.7. The van der Waals surface area contributed by atoms with Crippen LogP contribution in [0.2, 0.25) is 0 Å². The molecular formula is C14H21ClN2O2S. The molecule has 2 N–H and O–H groups in total. The quantitative estimate of drug-likeness (QED) is 0.815. The molecule has 0 saturated carbocycles. The van der Waals surface area contributed by atoms with E-state index in [1.54, 1.807) is 11.8 Å². The first kappa shape index (κ1) is 17.1. The van der Waals surface area contributed by atoms with E-state index in [0.29, 0.717) is 13.2 Å². The van der Waals surface area contributed by atoms with Crippen LogP contribution in [0.3, 0.4) is 0 Å². The summed E-state index contributed by atoms with van der Waals surface area (Å²) in [6.45, 7) is 5.09. The number of rotatable bonds is 5. The van der Waals surface area contributed by atoms with E-state index in [4.69, 9.17) is 4.74 Å².